The fourth-order valence-electron chi connectivity index (χ4n) is 3.55. The van der Waals surface area contributed by atoms with E-state index in [9.17, 15) is 9.90 Å². The van der Waals surface area contributed by atoms with Crippen molar-refractivity contribution in [1.82, 2.24) is 4.90 Å². The average Bonchev–Trinajstić information content (AvgIpc) is 2.56. The Morgan fingerprint density at radius 2 is 2.14 bits per heavy atom. The molecule has 3 aliphatic rings. The van der Waals surface area contributed by atoms with Crippen LogP contribution in [0, 0.1) is 11.8 Å². The van der Waals surface area contributed by atoms with Crippen LogP contribution in [0.3, 0.4) is 0 Å². The number of benzene rings is 1. The van der Waals surface area contributed by atoms with Gasteiger partial charge in [0.15, 0.2) is 0 Å². The minimum absolute atomic E-state index is 0.0616. The standard InChI is InChI=1S/C18H21NO3/c1-2-6-16-13-9-10-17(14(11-13)12-20)19(16)18(21)22-15-7-4-3-5-8-15/h2-5,7-10,13-14,16-17,20H,1,6,11-12H2. The van der Waals surface area contributed by atoms with Crippen molar-refractivity contribution in [2.75, 3.05) is 6.61 Å². The summed E-state index contributed by atoms with van der Waals surface area (Å²) in [5.41, 5.74) is 0. The van der Waals surface area contributed by atoms with E-state index >= 15 is 0 Å². The molecule has 1 aliphatic carbocycles. The summed E-state index contributed by atoms with van der Waals surface area (Å²) in [5.74, 6) is 0.874. The SMILES string of the molecule is C=CCC1C2C=CC(C(CO)C2)N1C(=O)Oc1ccccc1. The Labute approximate surface area is 130 Å². The molecule has 4 heteroatoms. The third-order valence-corrected chi connectivity index (χ3v) is 4.59. The molecule has 1 amide bonds. The Kier molecular flexibility index (Phi) is 4.29. The van der Waals surface area contributed by atoms with Crippen molar-refractivity contribution in [2.24, 2.45) is 11.8 Å². The first-order valence-electron chi connectivity index (χ1n) is 7.70. The highest BCUT2D eigenvalue weighted by atomic mass is 16.6. The molecule has 4 unspecified atom stereocenters. The monoisotopic (exact) mass is 299 g/mol. The molecule has 1 fully saturated rings. The van der Waals surface area contributed by atoms with Gasteiger partial charge in [0.1, 0.15) is 5.75 Å². The van der Waals surface area contributed by atoms with Crippen LogP contribution in [0.25, 0.3) is 0 Å². The van der Waals surface area contributed by atoms with Crippen molar-refractivity contribution in [3.05, 3.63) is 55.1 Å². The number of fused-ring (bicyclic) bond motifs is 2. The molecule has 2 bridgehead atoms. The Hall–Kier alpha value is -2.07. The van der Waals surface area contributed by atoms with Gasteiger partial charge in [0.05, 0.1) is 6.04 Å². The third-order valence-electron chi connectivity index (χ3n) is 4.59. The highest BCUT2D eigenvalue weighted by Gasteiger charge is 2.46. The van der Waals surface area contributed by atoms with Crippen molar-refractivity contribution >= 4 is 6.09 Å². The lowest BCUT2D eigenvalue weighted by Gasteiger charge is -2.50. The van der Waals surface area contributed by atoms with Crippen LogP contribution in [0.2, 0.25) is 0 Å². The first-order valence-corrected chi connectivity index (χ1v) is 7.70. The Morgan fingerprint density at radius 1 is 1.36 bits per heavy atom. The molecule has 0 spiro atoms. The van der Waals surface area contributed by atoms with E-state index in [2.05, 4.69) is 12.7 Å². The topological polar surface area (TPSA) is 49.8 Å². The summed E-state index contributed by atoms with van der Waals surface area (Å²) in [6, 6.07) is 9.04. The van der Waals surface area contributed by atoms with E-state index in [-0.39, 0.29) is 36.6 Å². The zero-order chi connectivity index (χ0) is 15.5. The van der Waals surface area contributed by atoms with E-state index in [1.165, 1.54) is 0 Å². The van der Waals surface area contributed by atoms with Gasteiger partial charge in [-0.2, -0.15) is 0 Å². The molecule has 1 aromatic carbocycles. The largest absolute Gasteiger partial charge is 0.416 e. The van der Waals surface area contributed by atoms with E-state index < -0.39 is 0 Å². The number of nitrogens with zero attached hydrogens (tertiary/aromatic N) is 1. The highest BCUT2D eigenvalue weighted by molar-refractivity contribution is 5.72. The number of piperidine rings is 1. The number of rotatable bonds is 4. The summed E-state index contributed by atoms with van der Waals surface area (Å²) in [4.78, 5) is 14.4. The van der Waals surface area contributed by atoms with Gasteiger partial charge in [-0.05, 0) is 30.9 Å². The fourth-order valence-corrected chi connectivity index (χ4v) is 3.55. The molecule has 1 saturated heterocycles. The van der Waals surface area contributed by atoms with E-state index in [0.717, 1.165) is 12.8 Å². The zero-order valence-electron chi connectivity index (χ0n) is 12.5. The van der Waals surface area contributed by atoms with Gasteiger partial charge in [-0.25, -0.2) is 4.79 Å². The van der Waals surface area contributed by atoms with Crippen LogP contribution in [0.1, 0.15) is 12.8 Å². The zero-order valence-corrected chi connectivity index (χ0v) is 12.5. The minimum Gasteiger partial charge on any atom is -0.410 e. The van der Waals surface area contributed by atoms with Gasteiger partial charge in [0, 0.05) is 18.6 Å². The van der Waals surface area contributed by atoms with Crippen molar-refractivity contribution in [3.8, 4) is 5.75 Å². The van der Waals surface area contributed by atoms with E-state index in [1.54, 1.807) is 17.0 Å². The Balaban J connectivity index is 1.83. The predicted molar refractivity (Wildman–Crippen MR) is 84.5 cm³/mol. The fraction of sp³-hybridized carbons (Fsp3) is 0.389. The van der Waals surface area contributed by atoms with Crippen LogP contribution in [0.5, 0.6) is 5.75 Å². The summed E-state index contributed by atoms with van der Waals surface area (Å²) in [6.45, 7) is 3.89. The molecule has 2 heterocycles. The smallest absolute Gasteiger partial charge is 0.410 e. The van der Waals surface area contributed by atoms with Gasteiger partial charge in [-0.1, -0.05) is 36.4 Å². The first-order chi connectivity index (χ1) is 10.7. The maximum atomic E-state index is 12.7. The minimum atomic E-state index is -0.351. The lowest BCUT2D eigenvalue weighted by Crippen LogP contribution is -2.60. The lowest BCUT2D eigenvalue weighted by atomic mass is 9.73. The first kappa shape index (κ1) is 14.9. The normalized spacial score (nSPS) is 29.4. The third kappa shape index (κ3) is 2.66. The second kappa shape index (κ2) is 6.36. The number of hydrogen-bond acceptors (Lipinski definition) is 3. The molecule has 22 heavy (non-hydrogen) atoms. The quantitative estimate of drug-likeness (QED) is 0.870. The number of ether oxygens (including phenoxy) is 1. The van der Waals surface area contributed by atoms with E-state index in [1.807, 2.05) is 30.4 Å². The van der Waals surface area contributed by atoms with Crippen LogP contribution >= 0.6 is 0 Å². The second-order valence-corrected chi connectivity index (χ2v) is 5.90. The number of amides is 1. The summed E-state index contributed by atoms with van der Waals surface area (Å²) < 4.78 is 5.51. The van der Waals surface area contributed by atoms with E-state index in [4.69, 9.17) is 4.74 Å². The summed E-state index contributed by atoms with van der Waals surface area (Å²) in [5, 5.41) is 9.59. The van der Waals surface area contributed by atoms with Gasteiger partial charge in [-0.15, -0.1) is 6.58 Å². The molecule has 4 atom stereocenters. The number of carbonyl (C=O) groups excluding carboxylic acids is 1. The molecule has 4 rings (SSSR count). The Bertz CT molecular complexity index is 569. The van der Waals surface area contributed by atoms with Crippen molar-refractivity contribution in [3.63, 3.8) is 0 Å². The molecular weight excluding hydrogens is 278 g/mol. The van der Waals surface area contributed by atoms with Crippen LogP contribution in [-0.2, 0) is 0 Å². The molecule has 0 saturated carbocycles. The van der Waals surface area contributed by atoms with Crippen LogP contribution in [0.15, 0.2) is 55.1 Å². The average molecular weight is 299 g/mol. The molecule has 1 aromatic rings. The molecule has 1 N–H and O–H groups in total. The number of carbonyl (C=O) groups is 1. The maximum absolute atomic E-state index is 12.7. The van der Waals surface area contributed by atoms with Gasteiger partial charge < -0.3 is 9.84 Å². The van der Waals surface area contributed by atoms with Gasteiger partial charge in [0.25, 0.3) is 0 Å². The maximum Gasteiger partial charge on any atom is 0.416 e. The molecule has 0 aromatic heterocycles. The van der Waals surface area contributed by atoms with Crippen molar-refractivity contribution in [2.45, 2.75) is 24.9 Å². The van der Waals surface area contributed by atoms with Gasteiger partial charge in [0.2, 0.25) is 0 Å². The summed E-state index contributed by atoms with van der Waals surface area (Å²) in [6.07, 6.45) is 7.32. The van der Waals surface area contributed by atoms with E-state index in [0.29, 0.717) is 5.75 Å². The van der Waals surface area contributed by atoms with Gasteiger partial charge in [-0.3, -0.25) is 4.90 Å². The van der Waals surface area contributed by atoms with Crippen LogP contribution < -0.4 is 4.74 Å². The van der Waals surface area contributed by atoms with Crippen molar-refractivity contribution < 1.29 is 14.6 Å². The summed E-state index contributed by atoms with van der Waals surface area (Å²) in [7, 11) is 0. The van der Waals surface area contributed by atoms with Crippen molar-refractivity contribution in [1.29, 1.82) is 0 Å². The summed E-state index contributed by atoms with van der Waals surface area (Å²) >= 11 is 0. The van der Waals surface area contributed by atoms with Gasteiger partial charge >= 0.3 is 6.09 Å². The molecule has 0 radical (unpaired) electrons. The molecular formula is C18H21NO3. The predicted octanol–water partition coefficient (Wildman–Crippen LogP) is 3.00. The molecule has 116 valence electrons. The van der Waals surface area contributed by atoms with Crippen LogP contribution in [-0.4, -0.2) is 34.8 Å². The Morgan fingerprint density at radius 3 is 2.82 bits per heavy atom. The number of para-hydroxylation sites is 1. The number of aliphatic hydroxyl groups excluding tert-OH is 1. The highest BCUT2D eigenvalue weighted by Crippen LogP contribution is 2.40. The number of hydrogen-bond donors (Lipinski definition) is 1. The lowest BCUT2D eigenvalue weighted by molar-refractivity contribution is 0.0142. The molecule has 2 aliphatic heterocycles. The van der Waals surface area contributed by atoms with Crippen LogP contribution in [0.4, 0.5) is 4.79 Å². The molecule has 4 nitrogen and oxygen atoms in total. The second-order valence-electron chi connectivity index (χ2n) is 5.90. The number of aliphatic hydroxyl groups is 1.